The van der Waals surface area contributed by atoms with Crippen molar-refractivity contribution >= 4 is 23.3 Å². The van der Waals surface area contributed by atoms with E-state index in [1.807, 2.05) is 43.3 Å². The van der Waals surface area contributed by atoms with Crippen molar-refractivity contribution in [1.29, 1.82) is 0 Å². The summed E-state index contributed by atoms with van der Waals surface area (Å²) in [5.74, 6) is 0.837. The van der Waals surface area contributed by atoms with Gasteiger partial charge in [0.1, 0.15) is 5.75 Å². The molecule has 116 valence electrons. The number of hydrogen-bond acceptors (Lipinski definition) is 2. The van der Waals surface area contributed by atoms with Gasteiger partial charge in [0.15, 0.2) is 0 Å². The Balaban J connectivity index is 1.65. The largest absolute Gasteiger partial charge is 0.494 e. The Hall–Kier alpha value is -2.20. The third-order valence-corrected chi connectivity index (χ3v) is 3.29. The Kier molecular flexibility index (Phi) is 6.10. The van der Waals surface area contributed by atoms with Gasteiger partial charge in [0, 0.05) is 17.3 Å². The summed E-state index contributed by atoms with van der Waals surface area (Å²) in [6, 6.07) is 14.7. The molecule has 0 radical (unpaired) electrons. The number of amides is 2. The monoisotopic (exact) mass is 318 g/mol. The molecular weight excluding hydrogens is 300 g/mol. The van der Waals surface area contributed by atoms with E-state index in [1.54, 1.807) is 12.1 Å². The highest BCUT2D eigenvalue weighted by Crippen LogP contribution is 2.19. The number of carbonyl (C=O) groups is 1. The van der Waals surface area contributed by atoms with Crippen LogP contribution in [0.2, 0.25) is 5.02 Å². The Morgan fingerprint density at radius 1 is 1.18 bits per heavy atom. The van der Waals surface area contributed by atoms with Crippen LogP contribution in [0.3, 0.4) is 0 Å². The lowest BCUT2D eigenvalue weighted by Crippen LogP contribution is -2.30. The van der Waals surface area contributed by atoms with Crippen LogP contribution in [0.4, 0.5) is 10.5 Å². The fraction of sp³-hybridized carbons (Fsp3) is 0.235. The van der Waals surface area contributed by atoms with Crippen LogP contribution in [0.1, 0.15) is 12.0 Å². The number of ether oxygens (including phenoxy) is 1. The topological polar surface area (TPSA) is 50.4 Å². The van der Waals surface area contributed by atoms with E-state index in [9.17, 15) is 4.79 Å². The maximum absolute atomic E-state index is 11.8. The van der Waals surface area contributed by atoms with Crippen LogP contribution in [0.5, 0.6) is 5.75 Å². The minimum absolute atomic E-state index is 0.231. The number of halogens is 1. The Morgan fingerprint density at radius 3 is 2.68 bits per heavy atom. The van der Waals surface area contributed by atoms with Gasteiger partial charge in [-0.3, -0.25) is 0 Å². The molecule has 5 heteroatoms. The summed E-state index contributed by atoms with van der Waals surface area (Å²) in [4.78, 5) is 11.8. The highest BCUT2D eigenvalue weighted by molar-refractivity contribution is 6.30. The quantitative estimate of drug-likeness (QED) is 0.783. The van der Waals surface area contributed by atoms with Crippen molar-refractivity contribution in [2.45, 2.75) is 13.3 Å². The smallest absolute Gasteiger partial charge is 0.319 e. The zero-order chi connectivity index (χ0) is 15.8. The summed E-state index contributed by atoms with van der Waals surface area (Å²) in [5.41, 5.74) is 1.68. The fourth-order valence-electron chi connectivity index (χ4n) is 1.91. The fourth-order valence-corrected chi connectivity index (χ4v) is 2.14. The van der Waals surface area contributed by atoms with Gasteiger partial charge in [-0.05, 0) is 49.2 Å². The number of aryl methyl sites for hydroxylation is 1. The van der Waals surface area contributed by atoms with Crippen molar-refractivity contribution in [3.63, 3.8) is 0 Å². The molecule has 0 saturated heterocycles. The summed E-state index contributed by atoms with van der Waals surface area (Å²) in [5, 5.41) is 6.25. The molecule has 0 unspecified atom stereocenters. The molecule has 0 aromatic heterocycles. The van der Waals surface area contributed by atoms with Gasteiger partial charge in [-0.2, -0.15) is 0 Å². The zero-order valence-electron chi connectivity index (χ0n) is 12.4. The molecule has 4 nitrogen and oxygen atoms in total. The van der Waals surface area contributed by atoms with Crippen LogP contribution in [0.25, 0.3) is 0 Å². The summed E-state index contributed by atoms with van der Waals surface area (Å²) in [6.07, 6.45) is 0.738. The first-order valence-electron chi connectivity index (χ1n) is 7.14. The molecule has 0 heterocycles. The van der Waals surface area contributed by atoms with Crippen LogP contribution in [0, 0.1) is 6.92 Å². The van der Waals surface area contributed by atoms with E-state index in [1.165, 1.54) is 0 Å². The lowest BCUT2D eigenvalue weighted by Gasteiger charge is -2.10. The van der Waals surface area contributed by atoms with Gasteiger partial charge in [-0.25, -0.2) is 4.79 Å². The highest BCUT2D eigenvalue weighted by Gasteiger charge is 2.04. The summed E-state index contributed by atoms with van der Waals surface area (Å²) in [7, 11) is 0. The standard InChI is InChI=1S/C17H19ClN2O2/c1-13-12-14(18)8-9-16(13)20-17(21)19-10-5-11-22-15-6-3-2-4-7-15/h2-4,6-9,12H,5,10-11H2,1H3,(H2,19,20,21). The van der Waals surface area contributed by atoms with Crippen molar-refractivity contribution in [3.8, 4) is 5.75 Å². The molecule has 0 saturated carbocycles. The molecular formula is C17H19ClN2O2. The third-order valence-electron chi connectivity index (χ3n) is 3.06. The van der Waals surface area contributed by atoms with Gasteiger partial charge in [-0.15, -0.1) is 0 Å². The molecule has 0 fully saturated rings. The molecule has 2 aromatic carbocycles. The predicted molar refractivity (Wildman–Crippen MR) is 89.8 cm³/mol. The van der Waals surface area contributed by atoms with Crippen LogP contribution in [-0.2, 0) is 0 Å². The lowest BCUT2D eigenvalue weighted by molar-refractivity contribution is 0.250. The first-order chi connectivity index (χ1) is 10.6. The maximum Gasteiger partial charge on any atom is 0.319 e. The van der Waals surface area contributed by atoms with Crippen LogP contribution in [-0.4, -0.2) is 19.2 Å². The zero-order valence-corrected chi connectivity index (χ0v) is 13.2. The Labute approximate surface area is 135 Å². The van der Waals surface area contributed by atoms with Crippen LogP contribution >= 0.6 is 11.6 Å². The Morgan fingerprint density at radius 2 is 1.95 bits per heavy atom. The Bertz CT molecular complexity index is 617. The average Bonchev–Trinajstić information content (AvgIpc) is 2.51. The van der Waals surface area contributed by atoms with E-state index in [0.717, 1.165) is 23.4 Å². The lowest BCUT2D eigenvalue weighted by atomic mass is 10.2. The van der Waals surface area contributed by atoms with Gasteiger partial charge in [-0.1, -0.05) is 29.8 Å². The number of anilines is 1. The minimum atomic E-state index is -0.231. The number of hydrogen-bond donors (Lipinski definition) is 2. The van der Waals surface area contributed by atoms with Crippen molar-refractivity contribution in [2.24, 2.45) is 0 Å². The van der Waals surface area contributed by atoms with Crippen molar-refractivity contribution < 1.29 is 9.53 Å². The normalized spacial score (nSPS) is 10.1. The van der Waals surface area contributed by atoms with Crippen LogP contribution < -0.4 is 15.4 Å². The second kappa shape index (κ2) is 8.29. The maximum atomic E-state index is 11.8. The first-order valence-corrected chi connectivity index (χ1v) is 7.52. The molecule has 22 heavy (non-hydrogen) atoms. The third kappa shape index (κ3) is 5.30. The molecule has 2 amide bonds. The van der Waals surface area contributed by atoms with Crippen LogP contribution in [0.15, 0.2) is 48.5 Å². The molecule has 0 bridgehead atoms. The van der Waals surface area contributed by atoms with Crippen molar-refractivity contribution in [2.75, 3.05) is 18.5 Å². The molecule has 0 atom stereocenters. The number of rotatable bonds is 6. The second-order valence-electron chi connectivity index (χ2n) is 4.86. The van der Waals surface area contributed by atoms with Crippen molar-refractivity contribution in [3.05, 3.63) is 59.1 Å². The molecule has 0 aliphatic heterocycles. The van der Waals surface area contributed by atoms with E-state index in [0.29, 0.717) is 18.2 Å². The molecule has 2 N–H and O–H groups in total. The SMILES string of the molecule is Cc1cc(Cl)ccc1NC(=O)NCCCOc1ccccc1. The average molecular weight is 319 g/mol. The summed E-state index contributed by atoms with van der Waals surface area (Å²) >= 11 is 5.88. The van der Waals surface area contributed by atoms with E-state index < -0.39 is 0 Å². The minimum Gasteiger partial charge on any atom is -0.494 e. The summed E-state index contributed by atoms with van der Waals surface area (Å²) < 4.78 is 5.55. The highest BCUT2D eigenvalue weighted by atomic mass is 35.5. The van der Waals surface area contributed by atoms with E-state index in [2.05, 4.69) is 10.6 Å². The van der Waals surface area contributed by atoms with Gasteiger partial charge in [0.25, 0.3) is 0 Å². The van der Waals surface area contributed by atoms with E-state index in [-0.39, 0.29) is 6.03 Å². The number of nitrogens with one attached hydrogen (secondary N) is 2. The van der Waals surface area contributed by atoms with Gasteiger partial charge in [0.2, 0.25) is 0 Å². The molecule has 0 aliphatic carbocycles. The van der Waals surface area contributed by atoms with E-state index in [4.69, 9.17) is 16.3 Å². The molecule has 2 rings (SSSR count). The number of para-hydroxylation sites is 1. The number of benzene rings is 2. The summed E-state index contributed by atoms with van der Waals surface area (Å²) in [6.45, 7) is 3.00. The molecule has 2 aromatic rings. The van der Waals surface area contributed by atoms with Gasteiger partial charge in [0.05, 0.1) is 6.61 Å². The predicted octanol–water partition coefficient (Wildman–Crippen LogP) is 4.24. The van der Waals surface area contributed by atoms with E-state index >= 15 is 0 Å². The first kappa shape index (κ1) is 16.2. The van der Waals surface area contributed by atoms with Crippen molar-refractivity contribution in [1.82, 2.24) is 5.32 Å². The number of urea groups is 1. The molecule has 0 aliphatic rings. The second-order valence-corrected chi connectivity index (χ2v) is 5.29. The van der Waals surface area contributed by atoms with Gasteiger partial charge >= 0.3 is 6.03 Å². The molecule has 0 spiro atoms. The number of carbonyl (C=O) groups excluding carboxylic acids is 1. The van der Waals surface area contributed by atoms with Gasteiger partial charge < -0.3 is 15.4 Å².